The Hall–Kier alpha value is -0.200. The molecule has 2 saturated heterocycles. The Morgan fingerprint density at radius 2 is 2.15 bits per heavy atom. The molecule has 0 spiro atoms. The third-order valence-electron chi connectivity index (χ3n) is 2.35. The van der Waals surface area contributed by atoms with Crippen molar-refractivity contribution in [1.82, 2.24) is 0 Å². The zero-order chi connectivity index (χ0) is 9.42. The van der Waals surface area contributed by atoms with Crippen molar-refractivity contribution in [1.29, 1.82) is 0 Å². The van der Waals surface area contributed by atoms with E-state index in [1.54, 1.807) is 6.92 Å². The zero-order valence-corrected chi connectivity index (χ0v) is 7.67. The maximum atomic E-state index is 9.70. The average molecular weight is 190 g/mol. The molecule has 0 bridgehead atoms. The lowest BCUT2D eigenvalue weighted by atomic mass is 10.1. The van der Waals surface area contributed by atoms with E-state index in [1.165, 1.54) is 7.11 Å². The van der Waals surface area contributed by atoms with Crippen molar-refractivity contribution in [3.05, 3.63) is 0 Å². The molecule has 5 nitrogen and oxygen atoms in total. The first-order valence-electron chi connectivity index (χ1n) is 4.35. The number of fused-ring (bicyclic) bond motifs is 1. The minimum atomic E-state index is -0.770. The molecule has 0 aromatic carbocycles. The molecule has 0 aromatic heterocycles. The van der Waals surface area contributed by atoms with Crippen LogP contribution in [0.15, 0.2) is 0 Å². The summed E-state index contributed by atoms with van der Waals surface area (Å²) >= 11 is 0. The normalized spacial score (nSPS) is 50.5. The minimum absolute atomic E-state index is 0.170. The van der Waals surface area contributed by atoms with Gasteiger partial charge in [0.25, 0.3) is 0 Å². The largest absolute Gasteiger partial charge is 0.385 e. The van der Waals surface area contributed by atoms with Crippen LogP contribution in [0.1, 0.15) is 6.92 Å². The molecular weight excluding hydrogens is 176 g/mol. The Bertz CT molecular complexity index is 185. The summed E-state index contributed by atoms with van der Waals surface area (Å²) in [5, 5.41) is 9.70. The smallest absolute Gasteiger partial charge is 0.185 e. The second kappa shape index (κ2) is 3.51. The van der Waals surface area contributed by atoms with Crippen LogP contribution in [0.5, 0.6) is 0 Å². The van der Waals surface area contributed by atoms with Gasteiger partial charge in [0.2, 0.25) is 0 Å². The Morgan fingerprint density at radius 1 is 1.38 bits per heavy atom. The highest BCUT2D eigenvalue weighted by atomic mass is 16.8. The molecule has 76 valence electrons. The van der Waals surface area contributed by atoms with Crippen LogP contribution in [-0.2, 0) is 18.9 Å². The van der Waals surface area contributed by atoms with Crippen molar-refractivity contribution in [3.63, 3.8) is 0 Å². The molecule has 5 atom stereocenters. The van der Waals surface area contributed by atoms with E-state index in [0.29, 0.717) is 6.61 Å². The fraction of sp³-hybridized carbons (Fsp3) is 1.00. The van der Waals surface area contributed by atoms with Gasteiger partial charge in [0.05, 0.1) is 6.61 Å². The van der Waals surface area contributed by atoms with Gasteiger partial charge in [-0.1, -0.05) is 0 Å². The molecule has 1 N–H and O–H groups in total. The SMILES string of the molecule is COC1OCC2OC(C)OC2C1O. The van der Waals surface area contributed by atoms with Crippen LogP contribution in [-0.4, -0.2) is 49.7 Å². The number of hydrogen-bond acceptors (Lipinski definition) is 5. The quantitative estimate of drug-likeness (QED) is 0.603. The van der Waals surface area contributed by atoms with Gasteiger partial charge in [-0.3, -0.25) is 0 Å². The molecule has 5 unspecified atom stereocenters. The predicted octanol–water partition coefficient (Wildman–Crippen LogP) is -0.520. The first-order valence-corrected chi connectivity index (χ1v) is 4.35. The Morgan fingerprint density at radius 3 is 2.85 bits per heavy atom. The van der Waals surface area contributed by atoms with Crippen molar-refractivity contribution in [2.24, 2.45) is 0 Å². The monoisotopic (exact) mass is 190 g/mol. The van der Waals surface area contributed by atoms with Crippen LogP contribution in [0.2, 0.25) is 0 Å². The summed E-state index contributed by atoms with van der Waals surface area (Å²) < 4.78 is 20.9. The van der Waals surface area contributed by atoms with Gasteiger partial charge in [0.15, 0.2) is 12.6 Å². The van der Waals surface area contributed by atoms with Crippen molar-refractivity contribution in [3.8, 4) is 0 Å². The van der Waals surface area contributed by atoms with Gasteiger partial charge in [-0.05, 0) is 6.92 Å². The van der Waals surface area contributed by atoms with E-state index in [-0.39, 0.29) is 18.5 Å². The lowest BCUT2D eigenvalue weighted by Gasteiger charge is -2.33. The highest BCUT2D eigenvalue weighted by Crippen LogP contribution is 2.28. The maximum absolute atomic E-state index is 9.70. The summed E-state index contributed by atoms with van der Waals surface area (Å²) in [6.45, 7) is 2.21. The van der Waals surface area contributed by atoms with E-state index in [2.05, 4.69) is 0 Å². The number of hydrogen-bond donors (Lipinski definition) is 1. The van der Waals surface area contributed by atoms with Gasteiger partial charge in [-0.25, -0.2) is 0 Å². The molecule has 2 fully saturated rings. The van der Waals surface area contributed by atoms with Gasteiger partial charge in [0, 0.05) is 7.11 Å². The van der Waals surface area contributed by atoms with Gasteiger partial charge >= 0.3 is 0 Å². The average Bonchev–Trinajstić information content (AvgIpc) is 2.47. The second-order valence-corrected chi connectivity index (χ2v) is 3.27. The third kappa shape index (κ3) is 1.58. The van der Waals surface area contributed by atoms with E-state index in [1.807, 2.05) is 0 Å². The molecular formula is C8H14O5. The molecule has 0 aromatic rings. The number of aliphatic hydroxyl groups excluding tert-OH is 1. The molecule has 0 radical (unpaired) electrons. The van der Waals surface area contributed by atoms with E-state index in [4.69, 9.17) is 18.9 Å². The standard InChI is InChI=1S/C8H14O5/c1-4-12-5-3-11-8(10-2)6(9)7(5)13-4/h4-9H,3H2,1-2H3. The summed E-state index contributed by atoms with van der Waals surface area (Å²) in [5.74, 6) is 0. The third-order valence-corrected chi connectivity index (χ3v) is 2.35. The Labute approximate surface area is 76.5 Å². The summed E-state index contributed by atoms with van der Waals surface area (Å²) in [6, 6.07) is 0. The minimum Gasteiger partial charge on any atom is -0.385 e. The van der Waals surface area contributed by atoms with Crippen molar-refractivity contribution >= 4 is 0 Å². The number of rotatable bonds is 1. The number of methoxy groups -OCH3 is 1. The lowest BCUT2D eigenvalue weighted by Crippen LogP contribution is -2.52. The van der Waals surface area contributed by atoms with Gasteiger partial charge < -0.3 is 24.1 Å². The molecule has 0 amide bonds. The molecule has 5 heteroatoms. The van der Waals surface area contributed by atoms with E-state index < -0.39 is 12.4 Å². The van der Waals surface area contributed by atoms with Gasteiger partial charge in [-0.2, -0.15) is 0 Å². The van der Waals surface area contributed by atoms with Crippen LogP contribution in [0.3, 0.4) is 0 Å². The highest BCUT2D eigenvalue weighted by molar-refractivity contribution is 4.88. The number of ether oxygens (including phenoxy) is 4. The first kappa shape index (κ1) is 9.36. The molecule has 13 heavy (non-hydrogen) atoms. The Balaban J connectivity index is 2.03. The topological polar surface area (TPSA) is 57.2 Å². The summed E-state index contributed by atoms with van der Waals surface area (Å²) in [6.07, 6.45) is -2.14. The fourth-order valence-electron chi connectivity index (χ4n) is 1.75. The first-order chi connectivity index (χ1) is 6.22. The molecule has 2 aliphatic heterocycles. The fourth-order valence-corrected chi connectivity index (χ4v) is 1.75. The van der Waals surface area contributed by atoms with E-state index in [9.17, 15) is 5.11 Å². The van der Waals surface area contributed by atoms with Crippen LogP contribution < -0.4 is 0 Å². The molecule has 2 rings (SSSR count). The summed E-state index contributed by atoms with van der Waals surface area (Å²) in [4.78, 5) is 0. The van der Waals surface area contributed by atoms with Crippen LogP contribution in [0.25, 0.3) is 0 Å². The molecule has 2 aliphatic rings. The van der Waals surface area contributed by atoms with Gasteiger partial charge in [0.1, 0.15) is 18.3 Å². The predicted molar refractivity (Wildman–Crippen MR) is 42.0 cm³/mol. The van der Waals surface area contributed by atoms with E-state index >= 15 is 0 Å². The van der Waals surface area contributed by atoms with E-state index in [0.717, 1.165) is 0 Å². The summed E-state index contributed by atoms with van der Waals surface area (Å²) in [7, 11) is 1.49. The lowest BCUT2D eigenvalue weighted by molar-refractivity contribution is -0.241. The maximum Gasteiger partial charge on any atom is 0.185 e. The van der Waals surface area contributed by atoms with Crippen molar-refractivity contribution in [2.75, 3.05) is 13.7 Å². The Kier molecular flexibility index (Phi) is 2.53. The molecule has 0 aliphatic carbocycles. The molecule has 0 saturated carbocycles. The summed E-state index contributed by atoms with van der Waals surface area (Å²) in [5.41, 5.74) is 0. The number of aliphatic hydroxyl groups is 1. The van der Waals surface area contributed by atoms with Crippen LogP contribution in [0, 0.1) is 0 Å². The van der Waals surface area contributed by atoms with Crippen LogP contribution >= 0.6 is 0 Å². The van der Waals surface area contributed by atoms with Crippen molar-refractivity contribution < 1.29 is 24.1 Å². The van der Waals surface area contributed by atoms with Crippen LogP contribution in [0.4, 0.5) is 0 Å². The van der Waals surface area contributed by atoms with Gasteiger partial charge in [-0.15, -0.1) is 0 Å². The second-order valence-electron chi connectivity index (χ2n) is 3.27. The van der Waals surface area contributed by atoms with Crippen molar-refractivity contribution in [2.45, 2.75) is 37.8 Å². The molecule has 2 heterocycles. The zero-order valence-electron chi connectivity index (χ0n) is 7.67. The highest BCUT2D eigenvalue weighted by Gasteiger charge is 2.46.